The molecule has 4 nitrogen and oxygen atoms in total. The Balaban J connectivity index is 2.47. The van der Waals surface area contributed by atoms with Crippen LogP contribution in [-0.2, 0) is 17.8 Å². The fourth-order valence-electron chi connectivity index (χ4n) is 1.39. The quantitative estimate of drug-likeness (QED) is 0.828. The van der Waals surface area contributed by atoms with Crippen molar-refractivity contribution < 1.29 is 4.21 Å². The molecule has 15 heavy (non-hydrogen) atoms. The van der Waals surface area contributed by atoms with Crippen molar-refractivity contribution in [1.82, 2.24) is 9.55 Å². The highest BCUT2D eigenvalue weighted by Gasteiger charge is 2.07. The number of hydrogen-bond acceptors (Lipinski definition) is 3. The van der Waals surface area contributed by atoms with Gasteiger partial charge in [0.1, 0.15) is 0 Å². The van der Waals surface area contributed by atoms with E-state index in [0.717, 1.165) is 23.8 Å². The number of aryl methyl sites for hydroxylation is 2. The lowest BCUT2D eigenvalue weighted by Gasteiger charge is -2.13. The molecule has 2 atom stereocenters. The van der Waals surface area contributed by atoms with Crippen molar-refractivity contribution in [3.8, 4) is 0 Å². The Morgan fingerprint density at radius 2 is 2.33 bits per heavy atom. The van der Waals surface area contributed by atoms with Gasteiger partial charge in [0, 0.05) is 42.1 Å². The topological polar surface area (TPSA) is 46.9 Å². The summed E-state index contributed by atoms with van der Waals surface area (Å²) < 4.78 is 12.9. The van der Waals surface area contributed by atoms with Gasteiger partial charge in [-0.05, 0) is 20.3 Å². The Bertz CT molecular complexity index is 348. The second-order valence-corrected chi connectivity index (χ2v) is 5.48. The first-order valence-corrected chi connectivity index (χ1v) is 6.78. The van der Waals surface area contributed by atoms with E-state index in [-0.39, 0.29) is 0 Å². The summed E-state index contributed by atoms with van der Waals surface area (Å²) in [5, 5.41) is 3.30. The van der Waals surface area contributed by atoms with Crippen molar-refractivity contribution in [3.63, 3.8) is 0 Å². The molecular formula is C10H19N3OS. The van der Waals surface area contributed by atoms with E-state index in [1.165, 1.54) is 0 Å². The van der Waals surface area contributed by atoms with E-state index in [0.29, 0.717) is 6.04 Å². The SMILES string of the molecule is Cc1cn(C)c(NC(C)CCS(C)=O)n1. The number of nitrogens with one attached hydrogen (secondary N) is 1. The van der Waals surface area contributed by atoms with Crippen molar-refractivity contribution in [3.05, 3.63) is 11.9 Å². The van der Waals surface area contributed by atoms with E-state index in [1.54, 1.807) is 6.26 Å². The van der Waals surface area contributed by atoms with Crippen LogP contribution in [0.3, 0.4) is 0 Å². The molecule has 2 unspecified atom stereocenters. The summed E-state index contributed by atoms with van der Waals surface area (Å²) in [4.78, 5) is 4.35. The molecule has 1 N–H and O–H groups in total. The third-order valence-electron chi connectivity index (χ3n) is 2.21. The zero-order valence-corrected chi connectivity index (χ0v) is 10.6. The molecule has 0 saturated heterocycles. The minimum atomic E-state index is -0.711. The second-order valence-electron chi connectivity index (χ2n) is 3.93. The summed E-state index contributed by atoms with van der Waals surface area (Å²) in [5.41, 5.74) is 1.01. The number of anilines is 1. The lowest BCUT2D eigenvalue weighted by atomic mass is 10.3. The van der Waals surface area contributed by atoms with Crippen LogP contribution in [0.4, 0.5) is 5.95 Å². The molecule has 1 rings (SSSR count). The average molecular weight is 229 g/mol. The fourth-order valence-corrected chi connectivity index (χ4v) is 2.07. The molecule has 0 aliphatic carbocycles. The molecule has 0 aliphatic heterocycles. The van der Waals surface area contributed by atoms with Gasteiger partial charge >= 0.3 is 0 Å². The predicted molar refractivity (Wildman–Crippen MR) is 64.6 cm³/mol. The molecule has 86 valence electrons. The Morgan fingerprint density at radius 1 is 1.67 bits per heavy atom. The maximum Gasteiger partial charge on any atom is 0.202 e. The van der Waals surface area contributed by atoms with Gasteiger partial charge in [-0.2, -0.15) is 0 Å². The molecule has 0 fully saturated rings. The molecule has 5 heteroatoms. The van der Waals surface area contributed by atoms with Gasteiger partial charge in [0.05, 0.1) is 5.69 Å². The highest BCUT2D eigenvalue weighted by molar-refractivity contribution is 7.84. The Morgan fingerprint density at radius 3 is 2.80 bits per heavy atom. The van der Waals surface area contributed by atoms with Crippen LogP contribution in [0, 0.1) is 6.92 Å². The summed E-state index contributed by atoms with van der Waals surface area (Å²) in [6.07, 6.45) is 4.61. The van der Waals surface area contributed by atoms with Crippen LogP contribution in [0.5, 0.6) is 0 Å². The van der Waals surface area contributed by atoms with Gasteiger partial charge in [0.25, 0.3) is 0 Å². The lowest BCUT2D eigenvalue weighted by Crippen LogP contribution is -2.19. The van der Waals surface area contributed by atoms with Crippen LogP contribution in [-0.4, -0.2) is 31.8 Å². The fraction of sp³-hybridized carbons (Fsp3) is 0.700. The molecule has 0 aromatic carbocycles. The average Bonchev–Trinajstić information content (AvgIpc) is 2.42. The smallest absolute Gasteiger partial charge is 0.202 e. The number of imidazole rings is 1. The molecule has 0 radical (unpaired) electrons. The lowest BCUT2D eigenvalue weighted by molar-refractivity contribution is 0.677. The van der Waals surface area contributed by atoms with Gasteiger partial charge in [-0.25, -0.2) is 4.98 Å². The largest absolute Gasteiger partial charge is 0.353 e. The minimum absolute atomic E-state index is 0.300. The summed E-state index contributed by atoms with van der Waals surface area (Å²) >= 11 is 0. The van der Waals surface area contributed by atoms with E-state index in [9.17, 15) is 4.21 Å². The third kappa shape index (κ3) is 4.03. The number of rotatable bonds is 5. The normalized spacial score (nSPS) is 14.9. The molecule has 0 amide bonds. The summed E-state index contributed by atoms with van der Waals surface area (Å²) in [5.74, 6) is 1.61. The van der Waals surface area contributed by atoms with Crippen molar-refractivity contribution >= 4 is 16.7 Å². The molecule has 0 spiro atoms. The van der Waals surface area contributed by atoms with Gasteiger partial charge in [-0.3, -0.25) is 4.21 Å². The van der Waals surface area contributed by atoms with Crippen LogP contribution in [0.25, 0.3) is 0 Å². The molecule has 1 heterocycles. The molecule has 1 aromatic rings. The highest BCUT2D eigenvalue weighted by Crippen LogP contribution is 2.08. The van der Waals surface area contributed by atoms with E-state index >= 15 is 0 Å². The first-order valence-electron chi connectivity index (χ1n) is 5.05. The summed E-state index contributed by atoms with van der Waals surface area (Å²) in [6, 6.07) is 0.300. The van der Waals surface area contributed by atoms with Crippen LogP contribution >= 0.6 is 0 Å². The Kier molecular flexibility index (Phi) is 4.32. The van der Waals surface area contributed by atoms with Crippen LogP contribution < -0.4 is 5.32 Å². The molecule has 0 bridgehead atoms. The number of hydrogen-bond donors (Lipinski definition) is 1. The number of aromatic nitrogens is 2. The zero-order chi connectivity index (χ0) is 11.4. The number of nitrogens with zero attached hydrogens (tertiary/aromatic N) is 2. The van der Waals surface area contributed by atoms with Gasteiger partial charge in [-0.1, -0.05) is 0 Å². The van der Waals surface area contributed by atoms with Crippen molar-refractivity contribution in [2.45, 2.75) is 26.3 Å². The molecular weight excluding hydrogens is 210 g/mol. The van der Waals surface area contributed by atoms with Gasteiger partial charge in [0.15, 0.2) is 0 Å². The van der Waals surface area contributed by atoms with Crippen molar-refractivity contribution in [2.75, 3.05) is 17.3 Å². The van der Waals surface area contributed by atoms with E-state index in [1.807, 2.05) is 24.7 Å². The second kappa shape index (κ2) is 5.30. The van der Waals surface area contributed by atoms with Crippen LogP contribution in [0.1, 0.15) is 19.0 Å². The molecule has 0 saturated carbocycles. The molecule has 1 aromatic heterocycles. The van der Waals surface area contributed by atoms with E-state index < -0.39 is 10.8 Å². The van der Waals surface area contributed by atoms with Gasteiger partial charge < -0.3 is 9.88 Å². The Hall–Kier alpha value is -0.840. The van der Waals surface area contributed by atoms with E-state index in [4.69, 9.17) is 0 Å². The molecule has 0 aliphatic rings. The highest BCUT2D eigenvalue weighted by atomic mass is 32.2. The standard InChI is InChI=1S/C10H19N3OS/c1-8(5-6-15(4)14)11-10-12-9(2)7-13(10)3/h7-8H,5-6H2,1-4H3,(H,11,12). The zero-order valence-electron chi connectivity index (χ0n) is 9.78. The maximum absolute atomic E-state index is 10.9. The van der Waals surface area contributed by atoms with Crippen molar-refractivity contribution in [1.29, 1.82) is 0 Å². The summed E-state index contributed by atoms with van der Waals surface area (Å²) in [7, 11) is 1.25. The van der Waals surface area contributed by atoms with Gasteiger partial charge in [0.2, 0.25) is 5.95 Å². The van der Waals surface area contributed by atoms with Crippen molar-refractivity contribution in [2.24, 2.45) is 7.05 Å². The third-order valence-corrected chi connectivity index (χ3v) is 3.02. The predicted octanol–water partition coefficient (Wildman–Crippen LogP) is 1.30. The first-order chi connectivity index (χ1) is 6.99. The maximum atomic E-state index is 10.9. The van der Waals surface area contributed by atoms with E-state index in [2.05, 4.69) is 17.2 Å². The van der Waals surface area contributed by atoms with Crippen LogP contribution in [0.15, 0.2) is 6.20 Å². The monoisotopic (exact) mass is 229 g/mol. The first kappa shape index (κ1) is 12.2. The summed E-state index contributed by atoms with van der Waals surface area (Å²) in [6.45, 7) is 4.05. The van der Waals surface area contributed by atoms with Crippen LogP contribution in [0.2, 0.25) is 0 Å². The van der Waals surface area contributed by atoms with Gasteiger partial charge in [-0.15, -0.1) is 0 Å². The Labute approximate surface area is 93.5 Å². The minimum Gasteiger partial charge on any atom is -0.353 e.